The zero-order valence-electron chi connectivity index (χ0n) is 28.5. The topological polar surface area (TPSA) is 172 Å². The van der Waals surface area contributed by atoms with Crippen LogP contribution in [0.1, 0.15) is 60.5 Å². The van der Waals surface area contributed by atoms with Gasteiger partial charge in [0.25, 0.3) is 5.91 Å². The molecule has 5 rings (SSSR count). The Morgan fingerprint density at radius 3 is 2.44 bits per heavy atom. The summed E-state index contributed by atoms with van der Waals surface area (Å²) >= 11 is 0. The van der Waals surface area contributed by atoms with Gasteiger partial charge in [0.1, 0.15) is 5.82 Å². The summed E-state index contributed by atoms with van der Waals surface area (Å²) in [5, 5.41) is 13.5. The molecule has 3 aromatic rings. The van der Waals surface area contributed by atoms with Crippen molar-refractivity contribution in [1.82, 2.24) is 20.2 Å². The fourth-order valence-corrected chi connectivity index (χ4v) is 6.76. The number of aliphatic hydroxyl groups is 1. The van der Waals surface area contributed by atoms with Gasteiger partial charge in [0, 0.05) is 69.8 Å². The number of nitrogens with one attached hydrogen (secondary N) is 1. The van der Waals surface area contributed by atoms with Crippen molar-refractivity contribution in [1.29, 1.82) is 0 Å². The molecule has 13 heteroatoms. The van der Waals surface area contributed by atoms with Gasteiger partial charge in [0.2, 0.25) is 11.9 Å². The van der Waals surface area contributed by atoms with Gasteiger partial charge in [-0.05, 0) is 68.8 Å². The molecule has 6 N–H and O–H groups in total. The van der Waals surface area contributed by atoms with Crippen LogP contribution in [-0.4, -0.2) is 104 Å². The van der Waals surface area contributed by atoms with Gasteiger partial charge in [-0.3, -0.25) is 9.59 Å². The minimum absolute atomic E-state index is 0.126. The van der Waals surface area contributed by atoms with Crippen LogP contribution in [0.15, 0.2) is 24.3 Å². The van der Waals surface area contributed by atoms with Crippen molar-refractivity contribution >= 4 is 40.2 Å². The van der Waals surface area contributed by atoms with E-state index in [9.17, 15) is 14.7 Å². The van der Waals surface area contributed by atoms with Crippen LogP contribution in [0.4, 0.5) is 17.5 Å². The number of ether oxygens (including phenoxy) is 2. The quantitative estimate of drug-likeness (QED) is 0.166. The number of hydrogen-bond donors (Lipinski definition) is 4. The van der Waals surface area contributed by atoms with Gasteiger partial charge < -0.3 is 46.1 Å². The molecule has 1 unspecified atom stereocenters. The van der Waals surface area contributed by atoms with Gasteiger partial charge in [-0.25, -0.2) is 4.98 Å². The van der Waals surface area contributed by atoms with Crippen LogP contribution in [0.25, 0.3) is 10.9 Å². The lowest BCUT2D eigenvalue weighted by atomic mass is 9.98. The second-order valence-electron chi connectivity index (χ2n) is 12.7. The highest BCUT2D eigenvalue weighted by Gasteiger charge is 2.26. The van der Waals surface area contributed by atoms with Crippen molar-refractivity contribution in [3.63, 3.8) is 0 Å². The van der Waals surface area contributed by atoms with Gasteiger partial charge in [-0.15, -0.1) is 0 Å². The number of amides is 2. The number of aliphatic hydroxyl groups excluding tert-OH is 1. The van der Waals surface area contributed by atoms with Crippen LogP contribution in [0.5, 0.6) is 11.5 Å². The number of hydrogen-bond acceptors (Lipinski definition) is 11. The smallest absolute Gasteiger partial charge is 0.250 e. The van der Waals surface area contributed by atoms with Gasteiger partial charge >= 0.3 is 0 Å². The van der Waals surface area contributed by atoms with E-state index in [-0.39, 0.29) is 18.6 Å². The molecule has 0 spiro atoms. The fourth-order valence-electron chi connectivity index (χ4n) is 6.76. The maximum Gasteiger partial charge on any atom is 0.250 e. The number of anilines is 3. The molecule has 0 bridgehead atoms. The maximum absolute atomic E-state index is 12.9. The summed E-state index contributed by atoms with van der Waals surface area (Å²) in [6.45, 7) is 7.21. The summed E-state index contributed by atoms with van der Waals surface area (Å²) < 4.78 is 10.8. The zero-order valence-corrected chi connectivity index (χ0v) is 28.5. The molecule has 1 fully saturated rings. The van der Waals surface area contributed by atoms with Crippen LogP contribution < -0.4 is 36.1 Å². The number of carbonyl (C=O) groups excluding carboxylic acids is 2. The number of nitrogens with two attached hydrogens (primary N) is 2. The highest BCUT2D eigenvalue weighted by molar-refractivity contribution is 6.00. The lowest BCUT2D eigenvalue weighted by Gasteiger charge is -2.35. The minimum atomic E-state index is -0.409. The van der Waals surface area contributed by atoms with Crippen LogP contribution >= 0.6 is 0 Å². The van der Waals surface area contributed by atoms with E-state index < -0.39 is 5.91 Å². The Hall–Kier alpha value is -4.36. The predicted octanol–water partition coefficient (Wildman–Crippen LogP) is 2.50. The summed E-state index contributed by atoms with van der Waals surface area (Å²) in [4.78, 5) is 40.6. The number of primary amides is 1. The average molecular weight is 663 g/mol. The third kappa shape index (κ3) is 8.19. The van der Waals surface area contributed by atoms with E-state index in [0.717, 1.165) is 62.0 Å². The number of unbranched alkanes of at least 4 members (excludes halogenated alkanes) is 2. The Morgan fingerprint density at radius 2 is 1.73 bits per heavy atom. The van der Waals surface area contributed by atoms with Crippen LogP contribution in [0.2, 0.25) is 0 Å². The van der Waals surface area contributed by atoms with E-state index in [1.807, 2.05) is 11.0 Å². The number of nitrogen functional groups attached to an aromatic ring is 1. The largest absolute Gasteiger partial charge is 0.493 e. The molecule has 13 nitrogen and oxygen atoms in total. The highest BCUT2D eigenvalue weighted by atomic mass is 16.5. The molecule has 3 heterocycles. The maximum atomic E-state index is 12.9. The van der Waals surface area contributed by atoms with E-state index in [2.05, 4.69) is 33.1 Å². The standard InChI is InChI=1S/C35H50N8O5/c1-23(18-24-19-25-9-12-42(11-7-17-44)32(25)27(20-24)34(37)46)38-10-6-4-5-8-31(45)41-13-15-43(16-14-41)35-39-28-22-30(48-3)29(47-2)21-26(28)33(36)40-35/h19-23,38,44H,4-18H2,1-3H3,(H2,37,46)(H2,36,39,40). The Balaban J connectivity index is 1.02. The molecule has 2 aliphatic heterocycles. The van der Waals surface area contributed by atoms with E-state index >= 15 is 0 Å². The molecular formula is C35H50N8O5. The Labute approximate surface area is 282 Å². The van der Waals surface area contributed by atoms with E-state index in [0.29, 0.717) is 85.3 Å². The summed E-state index contributed by atoms with van der Waals surface area (Å²) in [6, 6.07) is 7.95. The third-order valence-electron chi connectivity index (χ3n) is 9.30. The zero-order chi connectivity index (χ0) is 34.2. The van der Waals surface area contributed by atoms with Crippen molar-refractivity contribution in [2.24, 2.45) is 5.73 Å². The molecular weight excluding hydrogens is 612 g/mol. The molecule has 1 aromatic heterocycles. The van der Waals surface area contributed by atoms with Crippen LogP contribution in [0, 0.1) is 0 Å². The first kappa shape index (κ1) is 35.0. The SMILES string of the molecule is COc1cc2nc(N3CCN(C(=O)CCCCCNC(C)Cc4cc5c(c(C(N)=O)c4)N(CCCO)CC5)CC3)nc(N)c2cc1OC. The second kappa shape index (κ2) is 16.2. The Kier molecular flexibility index (Phi) is 11.8. The van der Waals surface area contributed by atoms with Crippen molar-refractivity contribution in [2.75, 3.05) is 82.2 Å². The number of carbonyl (C=O) groups is 2. The van der Waals surface area contributed by atoms with Crippen molar-refractivity contribution in [3.8, 4) is 11.5 Å². The van der Waals surface area contributed by atoms with Crippen LogP contribution in [0.3, 0.4) is 0 Å². The first-order valence-corrected chi connectivity index (χ1v) is 17.0. The number of benzene rings is 2. The first-order valence-electron chi connectivity index (χ1n) is 17.0. The molecule has 2 aromatic carbocycles. The third-order valence-corrected chi connectivity index (χ3v) is 9.30. The average Bonchev–Trinajstić information content (AvgIpc) is 3.50. The fraction of sp³-hybridized carbons (Fsp3) is 0.543. The molecule has 0 saturated carbocycles. The molecule has 2 amide bonds. The summed E-state index contributed by atoms with van der Waals surface area (Å²) in [5.41, 5.74) is 16.5. The molecule has 1 saturated heterocycles. The lowest BCUT2D eigenvalue weighted by Crippen LogP contribution is -2.49. The monoisotopic (exact) mass is 662 g/mol. The normalized spacial score (nSPS) is 15.1. The number of piperazine rings is 1. The molecule has 2 aliphatic rings. The lowest BCUT2D eigenvalue weighted by molar-refractivity contribution is -0.131. The number of fused-ring (bicyclic) bond motifs is 2. The van der Waals surface area contributed by atoms with Gasteiger partial charge in [-0.2, -0.15) is 4.98 Å². The number of methoxy groups -OCH3 is 2. The Bertz CT molecular complexity index is 1590. The van der Waals surface area contributed by atoms with Gasteiger partial charge in [0.15, 0.2) is 11.5 Å². The molecule has 48 heavy (non-hydrogen) atoms. The van der Waals surface area contributed by atoms with E-state index in [1.54, 1.807) is 26.4 Å². The van der Waals surface area contributed by atoms with Crippen molar-refractivity contribution < 1.29 is 24.2 Å². The second-order valence-corrected chi connectivity index (χ2v) is 12.7. The first-order chi connectivity index (χ1) is 23.2. The molecule has 0 aliphatic carbocycles. The van der Waals surface area contributed by atoms with Gasteiger partial charge in [0.05, 0.1) is 31.0 Å². The van der Waals surface area contributed by atoms with Gasteiger partial charge in [-0.1, -0.05) is 12.5 Å². The number of nitrogens with zero attached hydrogens (tertiary/aromatic N) is 5. The summed E-state index contributed by atoms with van der Waals surface area (Å²) in [7, 11) is 3.16. The summed E-state index contributed by atoms with van der Waals surface area (Å²) in [6.07, 6.45) is 5.69. The van der Waals surface area contributed by atoms with Crippen LogP contribution in [-0.2, 0) is 17.6 Å². The molecule has 260 valence electrons. The molecule has 1 atom stereocenters. The molecule has 0 radical (unpaired) electrons. The van der Waals surface area contributed by atoms with Crippen molar-refractivity contribution in [2.45, 2.75) is 57.9 Å². The van der Waals surface area contributed by atoms with Crippen molar-refractivity contribution in [3.05, 3.63) is 41.0 Å². The van der Waals surface area contributed by atoms with E-state index in [4.69, 9.17) is 25.9 Å². The number of aromatic nitrogens is 2. The number of rotatable bonds is 16. The van der Waals surface area contributed by atoms with E-state index in [1.165, 1.54) is 0 Å². The highest BCUT2D eigenvalue weighted by Crippen LogP contribution is 2.35. The minimum Gasteiger partial charge on any atom is -0.493 e. The predicted molar refractivity (Wildman–Crippen MR) is 188 cm³/mol. The Morgan fingerprint density at radius 1 is 0.979 bits per heavy atom. The summed E-state index contributed by atoms with van der Waals surface area (Å²) in [5.74, 6) is 1.85.